The van der Waals surface area contributed by atoms with Gasteiger partial charge in [-0.25, -0.2) is 8.42 Å². The van der Waals surface area contributed by atoms with E-state index in [0.29, 0.717) is 5.39 Å². The number of nitrogens with one attached hydrogen (secondary N) is 2. The Bertz CT molecular complexity index is 1000. The van der Waals surface area contributed by atoms with E-state index in [1.165, 1.54) is 12.1 Å². The highest BCUT2D eigenvalue weighted by Crippen LogP contribution is 2.22. The topological polar surface area (TPSA) is 98.6 Å². The molecule has 0 aliphatic rings. The van der Waals surface area contributed by atoms with Crippen molar-refractivity contribution in [3.63, 3.8) is 0 Å². The van der Waals surface area contributed by atoms with Crippen LogP contribution in [-0.2, 0) is 10.0 Å². The van der Waals surface area contributed by atoms with Gasteiger partial charge >= 0.3 is 0 Å². The molecule has 0 unspecified atom stereocenters. The fraction of sp³-hybridized carbons (Fsp3) is 0.0667. The number of rotatable bonds is 3. The molecule has 0 aliphatic carbocycles. The second-order valence-electron chi connectivity index (χ2n) is 4.89. The molecule has 2 N–H and O–H groups in total. The molecule has 1 heterocycles. The van der Waals surface area contributed by atoms with Crippen LogP contribution in [0.2, 0.25) is 0 Å². The third-order valence-electron chi connectivity index (χ3n) is 3.26. The van der Waals surface area contributed by atoms with Crippen LogP contribution in [0.1, 0.15) is 11.1 Å². The van der Waals surface area contributed by atoms with Crippen LogP contribution in [0.25, 0.3) is 10.9 Å². The number of hydrogen-bond acceptors (Lipinski definition) is 4. The summed E-state index contributed by atoms with van der Waals surface area (Å²) in [6.07, 6.45) is 1.56. The molecule has 0 spiro atoms. The van der Waals surface area contributed by atoms with Gasteiger partial charge in [-0.15, -0.1) is 0 Å². The minimum Gasteiger partial charge on any atom is -0.278 e. The number of anilines is 1. The van der Waals surface area contributed by atoms with Gasteiger partial charge < -0.3 is 0 Å². The molecule has 3 aromatic rings. The number of sulfonamides is 1. The predicted molar refractivity (Wildman–Crippen MR) is 82.8 cm³/mol. The van der Waals surface area contributed by atoms with Crippen molar-refractivity contribution >= 4 is 26.6 Å². The molecule has 110 valence electrons. The predicted octanol–water partition coefficient (Wildman–Crippen LogP) is 2.54. The van der Waals surface area contributed by atoms with Crippen LogP contribution in [-0.4, -0.2) is 18.6 Å². The molecule has 0 atom stereocenters. The second kappa shape index (κ2) is 5.16. The number of nitriles is 1. The van der Waals surface area contributed by atoms with Gasteiger partial charge in [0, 0.05) is 5.39 Å². The lowest BCUT2D eigenvalue weighted by Crippen LogP contribution is -2.13. The summed E-state index contributed by atoms with van der Waals surface area (Å²) >= 11 is 0. The lowest BCUT2D eigenvalue weighted by molar-refractivity contribution is 0.601. The molecule has 2 aromatic carbocycles. The SMILES string of the molecule is Cc1ccc(NS(=O)(=O)c2ccc3[nH]ncc3c2)c(C#N)c1. The van der Waals surface area contributed by atoms with Gasteiger partial charge in [-0.2, -0.15) is 10.4 Å². The Kier molecular flexibility index (Phi) is 3.31. The average molecular weight is 312 g/mol. The maximum Gasteiger partial charge on any atom is 0.261 e. The number of aromatic amines is 1. The average Bonchev–Trinajstić information content (AvgIpc) is 2.96. The van der Waals surface area contributed by atoms with E-state index in [9.17, 15) is 8.42 Å². The van der Waals surface area contributed by atoms with E-state index in [1.54, 1.807) is 30.5 Å². The van der Waals surface area contributed by atoms with Gasteiger partial charge in [-0.3, -0.25) is 9.82 Å². The van der Waals surface area contributed by atoms with Crippen molar-refractivity contribution < 1.29 is 8.42 Å². The number of H-pyrrole nitrogens is 1. The highest BCUT2D eigenvalue weighted by molar-refractivity contribution is 7.92. The third kappa shape index (κ3) is 2.52. The van der Waals surface area contributed by atoms with Gasteiger partial charge in [0.15, 0.2) is 0 Å². The summed E-state index contributed by atoms with van der Waals surface area (Å²) in [4.78, 5) is 0.117. The van der Waals surface area contributed by atoms with Crippen molar-refractivity contribution in [2.24, 2.45) is 0 Å². The molecule has 0 radical (unpaired) electrons. The Hall–Kier alpha value is -2.85. The Labute approximate surface area is 127 Å². The minimum absolute atomic E-state index is 0.117. The number of fused-ring (bicyclic) bond motifs is 1. The van der Waals surface area contributed by atoms with Crippen molar-refractivity contribution in [3.8, 4) is 6.07 Å². The van der Waals surface area contributed by atoms with Gasteiger partial charge in [0.05, 0.1) is 27.9 Å². The highest BCUT2D eigenvalue weighted by Gasteiger charge is 2.17. The first-order chi connectivity index (χ1) is 10.5. The number of aryl methyl sites for hydroxylation is 1. The standard InChI is InChI=1S/C15H12N4O2S/c1-10-2-4-15(11(6-10)8-16)19-22(20,21)13-3-5-14-12(7-13)9-17-18-14/h2-7,9,19H,1H3,(H,17,18). The molecular weight excluding hydrogens is 300 g/mol. The molecule has 6 nitrogen and oxygen atoms in total. The Morgan fingerprint density at radius 2 is 2.05 bits per heavy atom. The number of hydrogen-bond donors (Lipinski definition) is 2. The number of benzene rings is 2. The monoisotopic (exact) mass is 312 g/mol. The van der Waals surface area contributed by atoms with E-state index in [1.807, 2.05) is 13.0 Å². The van der Waals surface area contributed by atoms with Crippen molar-refractivity contribution in [1.29, 1.82) is 5.26 Å². The third-order valence-corrected chi connectivity index (χ3v) is 4.62. The molecule has 0 aliphatic heterocycles. The summed E-state index contributed by atoms with van der Waals surface area (Å²) in [5.74, 6) is 0. The molecule has 0 saturated heterocycles. The second-order valence-corrected chi connectivity index (χ2v) is 6.57. The van der Waals surface area contributed by atoms with Gasteiger partial charge in [-0.1, -0.05) is 6.07 Å². The summed E-state index contributed by atoms with van der Waals surface area (Å²) in [6, 6.07) is 11.6. The van der Waals surface area contributed by atoms with Gasteiger partial charge in [-0.05, 0) is 42.8 Å². The van der Waals surface area contributed by atoms with Crippen LogP contribution >= 0.6 is 0 Å². The van der Waals surface area contributed by atoms with Crippen molar-refractivity contribution in [2.75, 3.05) is 4.72 Å². The van der Waals surface area contributed by atoms with E-state index >= 15 is 0 Å². The van der Waals surface area contributed by atoms with E-state index in [2.05, 4.69) is 14.9 Å². The first-order valence-corrected chi connectivity index (χ1v) is 7.94. The summed E-state index contributed by atoms with van der Waals surface area (Å²) in [5, 5.41) is 16.5. The van der Waals surface area contributed by atoms with Crippen LogP contribution in [0.5, 0.6) is 0 Å². The van der Waals surface area contributed by atoms with Crippen LogP contribution in [0.15, 0.2) is 47.5 Å². The van der Waals surface area contributed by atoms with Gasteiger partial charge in [0.2, 0.25) is 0 Å². The van der Waals surface area contributed by atoms with E-state index in [-0.39, 0.29) is 16.1 Å². The van der Waals surface area contributed by atoms with E-state index in [4.69, 9.17) is 5.26 Å². The first kappa shape index (κ1) is 14.1. The molecule has 0 saturated carbocycles. The summed E-state index contributed by atoms with van der Waals surface area (Å²) in [6.45, 7) is 1.84. The number of nitrogens with zero attached hydrogens (tertiary/aromatic N) is 2. The molecule has 3 rings (SSSR count). The zero-order valence-electron chi connectivity index (χ0n) is 11.7. The van der Waals surface area contributed by atoms with Gasteiger partial charge in [0.25, 0.3) is 10.0 Å². The summed E-state index contributed by atoms with van der Waals surface area (Å²) in [5.41, 5.74) is 2.19. The number of aromatic nitrogens is 2. The molecule has 0 fully saturated rings. The lowest BCUT2D eigenvalue weighted by Gasteiger charge is -2.10. The fourth-order valence-electron chi connectivity index (χ4n) is 2.13. The Balaban J connectivity index is 2.02. The van der Waals surface area contributed by atoms with Crippen LogP contribution in [0, 0.1) is 18.3 Å². The van der Waals surface area contributed by atoms with Crippen molar-refractivity contribution in [1.82, 2.24) is 10.2 Å². The molecular formula is C15H12N4O2S. The highest BCUT2D eigenvalue weighted by atomic mass is 32.2. The zero-order chi connectivity index (χ0) is 15.7. The van der Waals surface area contributed by atoms with E-state index < -0.39 is 10.0 Å². The normalized spacial score (nSPS) is 11.3. The maximum atomic E-state index is 12.5. The van der Waals surface area contributed by atoms with Crippen molar-refractivity contribution in [3.05, 3.63) is 53.7 Å². The molecule has 22 heavy (non-hydrogen) atoms. The zero-order valence-corrected chi connectivity index (χ0v) is 12.5. The largest absolute Gasteiger partial charge is 0.278 e. The minimum atomic E-state index is -3.77. The lowest BCUT2D eigenvalue weighted by atomic mass is 10.1. The quantitative estimate of drug-likeness (QED) is 0.776. The van der Waals surface area contributed by atoms with Crippen molar-refractivity contribution in [2.45, 2.75) is 11.8 Å². The van der Waals surface area contributed by atoms with E-state index in [0.717, 1.165) is 11.1 Å². The fourth-order valence-corrected chi connectivity index (χ4v) is 3.25. The Morgan fingerprint density at radius 1 is 1.23 bits per heavy atom. The maximum absolute atomic E-state index is 12.5. The molecule has 1 aromatic heterocycles. The molecule has 0 amide bonds. The summed E-state index contributed by atoms with van der Waals surface area (Å²) < 4.78 is 27.4. The Morgan fingerprint density at radius 3 is 2.82 bits per heavy atom. The molecule has 7 heteroatoms. The van der Waals surface area contributed by atoms with Gasteiger partial charge in [0.1, 0.15) is 6.07 Å². The van der Waals surface area contributed by atoms with Crippen LogP contribution < -0.4 is 4.72 Å². The first-order valence-electron chi connectivity index (χ1n) is 6.46. The van der Waals surface area contributed by atoms with Crippen LogP contribution in [0.4, 0.5) is 5.69 Å². The molecule has 0 bridgehead atoms. The smallest absolute Gasteiger partial charge is 0.261 e. The summed E-state index contributed by atoms with van der Waals surface area (Å²) in [7, 11) is -3.77. The van der Waals surface area contributed by atoms with Crippen LogP contribution in [0.3, 0.4) is 0 Å².